The van der Waals surface area contributed by atoms with Crippen molar-refractivity contribution in [1.29, 1.82) is 0 Å². The van der Waals surface area contributed by atoms with Gasteiger partial charge in [-0.2, -0.15) is 0 Å². The molecule has 1 aromatic carbocycles. The van der Waals surface area contributed by atoms with Gasteiger partial charge in [-0.1, -0.05) is 79.1 Å². The Labute approximate surface area is 243 Å². The smallest absolute Gasteiger partial charge is 0.418 e. The molecule has 1 fully saturated rings. The number of hydrogen-bond acceptors (Lipinski definition) is 7. The van der Waals surface area contributed by atoms with Crippen LogP contribution in [-0.2, 0) is 23.9 Å². The van der Waals surface area contributed by atoms with E-state index in [9.17, 15) is 24.0 Å². The number of amides is 4. The molecule has 2 rings (SSSR count). The Morgan fingerprint density at radius 2 is 1.54 bits per heavy atom. The molecule has 0 bridgehead atoms. The highest BCUT2D eigenvalue weighted by atomic mass is 16.6. The van der Waals surface area contributed by atoms with Crippen LogP contribution in [-0.4, -0.2) is 53.3 Å². The number of benzene rings is 1. The lowest BCUT2D eigenvalue weighted by atomic mass is 9.85. The molecule has 0 aromatic heterocycles. The molecule has 0 saturated carbocycles. The Morgan fingerprint density at radius 3 is 2.05 bits per heavy atom. The standard InChI is InChI=1S/C31H47N3O7/c1-8-9-10-11-12-13-14-15-16-17-24(35)32-21-18-19-23(40-7)22(20-21)33-27(37)25(26(36)30(2,3)4)34-28(38)31(5,6)41-29(34)39/h18-20,25H,8-17H2,1-7H3,(H,32,35)(H,33,37). The van der Waals surface area contributed by atoms with Crippen LogP contribution in [0.25, 0.3) is 0 Å². The topological polar surface area (TPSA) is 131 Å². The molecule has 1 aliphatic rings. The van der Waals surface area contributed by atoms with E-state index < -0.39 is 40.7 Å². The van der Waals surface area contributed by atoms with Crippen LogP contribution in [0.15, 0.2) is 18.2 Å². The average Bonchev–Trinajstić information content (AvgIpc) is 3.09. The quantitative estimate of drug-likeness (QED) is 0.177. The van der Waals surface area contributed by atoms with Crippen molar-refractivity contribution in [2.24, 2.45) is 5.41 Å². The number of anilines is 2. The molecular formula is C31H47N3O7. The third-order valence-corrected chi connectivity index (χ3v) is 7.02. The number of ketones is 1. The number of cyclic esters (lactones) is 1. The van der Waals surface area contributed by atoms with Crippen LogP contribution in [0, 0.1) is 5.41 Å². The number of nitrogens with zero attached hydrogens (tertiary/aromatic N) is 1. The molecule has 2 N–H and O–H groups in total. The molecule has 41 heavy (non-hydrogen) atoms. The largest absolute Gasteiger partial charge is 0.495 e. The van der Waals surface area contributed by atoms with E-state index in [1.807, 2.05) is 0 Å². The number of carbonyl (C=O) groups is 5. The Morgan fingerprint density at radius 1 is 0.951 bits per heavy atom. The third kappa shape index (κ3) is 9.57. The summed E-state index contributed by atoms with van der Waals surface area (Å²) in [6.07, 6.45) is 9.70. The summed E-state index contributed by atoms with van der Waals surface area (Å²) in [4.78, 5) is 65.5. The molecule has 1 aromatic rings. The van der Waals surface area contributed by atoms with E-state index in [1.54, 1.807) is 32.9 Å². The summed E-state index contributed by atoms with van der Waals surface area (Å²) >= 11 is 0. The molecule has 1 aliphatic heterocycles. The fraction of sp³-hybridized carbons (Fsp3) is 0.645. The molecule has 0 radical (unpaired) electrons. The Hall–Kier alpha value is -3.43. The van der Waals surface area contributed by atoms with Gasteiger partial charge < -0.3 is 20.1 Å². The van der Waals surface area contributed by atoms with E-state index >= 15 is 0 Å². The number of unbranched alkanes of at least 4 members (excludes halogenated alkanes) is 8. The van der Waals surface area contributed by atoms with E-state index in [2.05, 4.69) is 17.6 Å². The van der Waals surface area contributed by atoms with Gasteiger partial charge in [0.1, 0.15) is 5.75 Å². The van der Waals surface area contributed by atoms with Crippen molar-refractivity contribution < 1.29 is 33.4 Å². The van der Waals surface area contributed by atoms with Crippen LogP contribution >= 0.6 is 0 Å². The fourth-order valence-electron chi connectivity index (χ4n) is 4.57. The van der Waals surface area contributed by atoms with Crippen molar-refractivity contribution >= 4 is 41.0 Å². The van der Waals surface area contributed by atoms with E-state index in [4.69, 9.17) is 9.47 Å². The van der Waals surface area contributed by atoms with Crippen molar-refractivity contribution in [3.8, 4) is 5.75 Å². The lowest BCUT2D eigenvalue weighted by molar-refractivity contribution is -0.145. The fourth-order valence-corrected chi connectivity index (χ4v) is 4.57. The van der Waals surface area contributed by atoms with Crippen LogP contribution in [0.4, 0.5) is 16.2 Å². The predicted octanol–water partition coefficient (Wildman–Crippen LogP) is 6.23. The summed E-state index contributed by atoms with van der Waals surface area (Å²) in [7, 11) is 1.41. The summed E-state index contributed by atoms with van der Waals surface area (Å²) in [5, 5.41) is 5.46. The number of hydrogen-bond donors (Lipinski definition) is 2. The minimum absolute atomic E-state index is 0.149. The second kappa shape index (κ2) is 15.0. The summed E-state index contributed by atoms with van der Waals surface area (Å²) in [5.74, 6) is -2.20. The van der Waals surface area contributed by atoms with E-state index in [0.717, 1.165) is 19.3 Å². The minimum atomic E-state index is -1.76. The molecule has 228 valence electrons. The van der Waals surface area contributed by atoms with E-state index in [1.165, 1.54) is 65.5 Å². The van der Waals surface area contributed by atoms with Crippen molar-refractivity contribution in [1.82, 2.24) is 4.90 Å². The first-order valence-corrected chi connectivity index (χ1v) is 14.6. The molecule has 1 atom stereocenters. The molecule has 0 aliphatic carbocycles. The van der Waals surface area contributed by atoms with Gasteiger partial charge in [0, 0.05) is 17.5 Å². The Bertz CT molecular complexity index is 1110. The normalized spacial score (nSPS) is 15.3. The molecular weight excluding hydrogens is 526 g/mol. The Balaban J connectivity index is 2.09. The maximum absolute atomic E-state index is 13.5. The van der Waals surface area contributed by atoms with E-state index in [-0.39, 0.29) is 17.3 Å². The first-order chi connectivity index (χ1) is 19.2. The van der Waals surface area contributed by atoms with Crippen molar-refractivity contribution in [3.63, 3.8) is 0 Å². The van der Waals surface area contributed by atoms with Crippen LogP contribution < -0.4 is 15.4 Å². The lowest BCUT2D eigenvalue weighted by Gasteiger charge is -2.28. The zero-order valence-corrected chi connectivity index (χ0v) is 25.7. The summed E-state index contributed by atoms with van der Waals surface area (Å²) in [5.41, 5.74) is -1.96. The van der Waals surface area contributed by atoms with Gasteiger partial charge in [0.2, 0.25) is 5.91 Å². The molecule has 1 unspecified atom stereocenters. The van der Waals surface area contributed by atoms with Gasteiger partial charge in [0.15, 0.2) is 17.4 Å². The molecule has 0 spiro atoms. The van der Waals surface area contributed by atoms with Gasteiger partial charge in [0.25, 0.3) is 11.8 Å². The number of methoxy groups -OCH3 is 1. The first-order valence-electron chi connectivity index (χ1n) is 14.6. The maximum Gasteiger partial charge on any atom is 0.418 e. The summed E-state index contributed by atoms with van der Waals surface area (Å²) in [6, 6.07) is 2.97. The minimum Gasteiger partial charge on any atom is -0.495 e. The zero-order valence-electron chi connectivity index (χ0n) is 25.7. The highest BCUT2D eigenvalue weighted by Crippen LogP contribution is 2.32. The van der Waals surface area contributed by atoms with Gasteiger partial charge in [0.05, 0.1) is 12.8 Å². The highest BCUT2D eigenvalue weighted by Gasteiger charge is 2.55. The molecule has 4 amide bonds. The summed E-state index contributed by atoms with van der Waals surface area (Å²) in [6.45, 7) is 9.78. The predicted molar refractivity (Wildman–Crippen MR) is 158 cm³/mol. The van der Waals surface area contributed by atoms with Crippen molar-refractivity contribution in [2.45, 2.75) is 117 Å². The molecule has 1 heterocycles. The lowest BCUT2D eigenvalue weighted by Crippen LogP contribution is -2.55. The zero-order chi connectivity index (χ0) is 30.8. The van der Waals surface area contributed by atoms with Gasteiger partial charge in [-0.05, 0) is 38.5 Å². The molecule has 1 saturated heterocycles. The van der Waals surface area contributed by atoms with Crippen LogP contribution in [0.3, 0.4) is 0 Å². The van der Waals surface area contributed by atoms with Crippen LogP contribution in [0.2, 0.25) is 0 Å². The van der Waals surface area contributed by atoms with Crippen LogP contribution in [0.1, 0.15) is 106 Å². The van der Waals surface area contributed by atoms with Crippen molar-refractivity contribution in [3.05, 3.63) is 18.2 Å². The Kier molecular flexibility index (Phi) is 12.3. The van der Waals surface area contributed by atoms with E-state index in [0.29, 0.717) is 17.0 Å². The highest BCUT2D eigenvalue weighted by molar-refractivity contribution is 6.19. The number of Topliss-reactive ketones (excluding diaryl/α,β-unsaturated/α-hetero) is 1. The average molecular weight is 574 g/mol. The van der Waals surface area contributed by atoms with Crippen LogP contribution in [0.5, 0.6) is 5.75 Å². The second-order valence-electron chi connectivity index (χ2n) is 12.1. The maximum atomic E-state index is 13.5. The second-order valence-corrected chi connectivity index (χ2v) is 12.1. The number of ether oxygens (including phenoxy) is 2. The third-order valence-electron chi connectivity index (χ3n) is 7.02. The summed E-state index contributed by atoms with van der Waals surface area (Å²) < 4.78 is 10.5. The molecule has 10 heteroatoms. The van der Waals surface area contributed by atoms with Gasteiger partial charge >= 0.3 is 6.09 Å². The number of carbonyl (C=O) groups excluding carboxylic acids is 5. The van der Waals surface area contributed by atoms with Gasteiger partial charge in [-0.15, -0.1) is 0 Å². The van der Waals surface area contributed by atoms with Gasteiger partial charge in [-0.3, -0.25) is 19.2 Å². The van der Waals surface area contributed by atoms with Gasteiger partial charge in [-0.25, -0.2) is 9.69 Å². The first kappa shape index (κ1) is 33.8. The molecule has 10 nitrogen and oxygen atoms in total. The van der Waals surface area contributed by atoms with Crippen molar-refractivity contribution in [2.75, 3.05) is 17.7 Å². The number of imide groups is 1. The number of rotatable bonds is 16. The SMILES string of the molecule is CCCCCCCCCCCC(=O)Nc1ccc(OC)c(NC(=O)C(C(=O)C(C)(C)C)N2C(=O)OC(C)(C)C2=O)c1. The number of nitrogens with one attached hydrogen (secondary N) is 2. The monoisotopic (exact) mass is 573 g/mol.